The zero-order valence-corrected chi connectivity index (χ0v) is 14.7. The first kappa shape index (κ1) is 16.5. The van der Waals surface area contributed by atoms with Crippen LogP contribution in [-0.4, -0.2) is 50.3 Å². The first-order valence-corrected chi connectivity index (χ1v) is 8.99. The van der Waals surface area contributed by atoms with Gasteiger partial charge < -0.3 is 19.1 Å². The molecule has 4 rings (SSSR count). The Morgan fingerprint density at radius 1 is 1.40 bits per heavy atom. The number of ether oxygens (including phenoxy) is 3. The summed E-state index contributed by atoms with van der Waals surface area (Å²) in [4.78, 5) is 15.2. The Balaban J connectivity index is 1.57. The first-order valence-electron chi connectivity index (χ1n) is 8.99. The molecule has 0 N–H and O–H groups in total. The molecule has 134 valence electrons. The topological polar surface area (TPSA) is 48.0 Å². The molecule has 2 saturated heterocycles. The standard InChI is InChI=1S/C20H25NO4/c1-3-9-25-17-6-5-14(10-18(17)23-2)19(22)21-13-20(7-4-8-20)15-11-24-12-16(15)21/h3,5-6,10,15-16H,1,4,7-9,11-13H2,2H3/t15-,16+/m1/s1. The van der Waals surface area contributed by atoms with Gasteiger partial charge in [-0.3, -0.25) is 4.79 Å². The second kappa shape index (κ2) is 6.37. The number of methoxy groups -OCH3 is 1. The molecule has 1 aromatic rings. The molecular weight excluding hydrogens is 318 g/mol. The zero-order valence-electron chi connectivity index (χ0n) is 14.7. The highest BCUT2D eigenvalue weighted by Crippen LogP contribution is 2.56. The van der Waals surface area contributed by atoms with Crippen LogP contribution in [0.3, 0.4) is 0 Å². The summed E-state index contributed by atoms with van der Waals surface area (Å²) in [6, 6.07) is 5.61. The van der Waals surface area contributed by atoms with Crippen molar-refractivity contribution in [3.05, 3.63) is 36.4 Å². The van der Waals surface area contributed by atoms with Crippen LogP contribution in [0.2, 0.25) is 0 Å². The van der Waals surface area contributed by atoms with Gasteiger partial charge in [0.05, 0.1) is 26.4 Å². The van der Waals surface area contributed by atoms with Gasteiger partial charge in [0.25, 0.3) is 5.91 Å². The van der Waals surface area contributed by atoms with Gasteiger partial charge in [-0.2, -0.15) is 0 Å². The van der Waals surface area contributed by atoms with E-state index in [0.29, 0.717) is 41.6 Å². The minimum atomic E-state index is 0.0674. The molecule has 0 bridgehead atoms. The summed E-state index contributed by atoms with van der Waals surface area (Å²) in [5.41, 5.74) is 0.943. The predicted octanol–water partition coefficient (Wildman–Crippen LogP) is 2.90. The highest BCUT2D eigenvalue weighted by Gasteiger charge is 2.58. The summed E-state index contributed by atoms with van der Waals surface area (Å²) in [6.45, 7) is 6.37. The third-order valence-electron chi connectivity index (χ3n) is 6.10. The Morgan fingerprint density at radius 3 is 2.92 bits per heavy atom. The van der Waals surface area contributed by atoms with Crippen molar-refractivity contribution in [2.75, 3.05) is 33.5 Å². The van der Waals surface area contributed by atoms with Crippen molar-refractivity contribution >= 4 is 5.91 Å². The van der Waals surface area contributed by atoms with Crippen LogP contribution < -0.4 is 9.47 Å². The molecule has 0 unspecified atom stereocenters. The quantitative estimate of drug-likeness (QED) is 0.772. The number of amides is 1. The molecule has 1 aromatic carbocycles. The lowest BCUT2D eigenvalue weighted by Crippen LogP contribution is -2.39. The number of nitrogens with zero attached hydrogens (tertiary/aromatic N) is 1. The molecule has 1 amide bonds. The fourth-order valence-electron chi connectivity index (χ4n) is 4.63. The molecular formula is C20H25NO4. The van der Waals surface area contributed by atoms with Crippen molar-refractivity contribution in [1.29, 1.82) is 0 Å². The summed E-state index contributed by atoms with van der Waals surface area (Å²) in [7, 11) is 1.59. The van der Waals surface area contributed by atoms with Crippen molar-refractivity contribution in [3.8, 4) is 11.5 Å². The third kappa shape index (κ3) is 2.61. The Kier molecular flexibility index (Phi) is 4.20. The van der Waals surface area contributed by atoms with Gasteiger partial charge in [-0.25, -0.2) is 0 Å². The minimum absolute atomic E-state index is 0.0674. The normalized spacial score (nSPS) is 26.2. The predicted molar refractivity (Wildman–Crippen MR) is 94.1 cm³/mol. The Labute approximate surface area is 148 Å². The second-order valence-electron chi connectivity index (χ2n) is 7.33. The van der Waals surface area contributed by atoms with Crippen molar-refractivity contribution in [3.63, 3.8) is 0 Å². The summed E-state index contributed by atoms with van der Waals surface area (Å²) in [6.07, 6.45) is 5.40. The zero-order chi connectivity index (χ0) is 17.4. The Hall–Kier alpha value is -2.01. The summed E-state index contributed by atoms with van der Waals surface area (Å²) < 4.78 is 16.7. The van der Waals surface area contributed by atoms with Gasteiger partial charge in [-0.15, -0.1) is 0 Å². The molecule has 1 aliphatic carbocycles. The Morgan fingerprint density at radius 2 is 2.24 bits per heavy atom. The molecule has 1 spiro atoms. The minimum Gasteiger partial charge on any atom is -0.493 e. The maximum absolute atomic E-state index is 13.2. The first-order chi connectivity index (χ1) is 12.2. The largest absolute Gasteiger partial charge is 0.493 e. The summed E-state index contributed by atoms with van der Waals surface area (Å²) >= 11 is 0. The van der Waals surface area contributed by atoms with Crippen LogP contribution >= 0.6 is 0 Å². The second-order valence-corrected chi connectivity index (χ2v) is 7.33. The van der Waals surface area contributed by atoms with Gasteiger partial charge in [0.1, 0.15) is 6.61 Å². The molecule has 0 aromatic heterocycles. The van der Waals surface area contributed by atoms with Gasteiger partial charge >= 0.3 is 0 Å². The fraction of sp³-hybridized carbons (Fsp3) is 0.550. The number of carbonyl (C=O) groups is 1. The van der Waals surface area contributed by atoms with Crippen LogP contribution in [0.5, 0.6) is 11.5 Å². The highest BCUT2D eigenvalue weighted by molar-refractivity contribution is 5.95. The van der Waals surface area contributed by atoms with Crippen LogP contribution in [0, 0.1) is 11.3 Å². The number of fused-ring (bicyclic) bond motifs is 2. The number of carbonyl (C=O) groups excluding carboxylic acids is 1. The molecule has 3 fully saturated rings. The molecule has 0 radical (unpaired) electrons. The van der Waals surface area contributed by atoms with E-state index < -0.39 is 0 Å². The van der Waals surface area contributed by atoms with Crippen molar-refractivity contribution in [2.45, 2.75) is 25.3 Å². The lowest BCUT2D eigenvalue weighted by atomic mass is 9.62. The maximum Gasteiger partial charge on any atom is 0.254 e. The third-order valence-corrected chi connectivity index (χ3v) is 6.10. The van der Waals surface area contributed by atoms with Gasteiger partial charge in [-0.1, -0.05) is 19.1 Å². The van der Waals surface area contributed by atoms with Crippen LogP contribution in [0.25, 0.3) is 0 Å². The van der Waals surface area contributed by atoms with E-state index in [0.717, 1.165) is 13.2 Å². The van der Waals surface area contributed by atoms with E-state index in [2.05, 4.69) is 6.58 Å². The lowest BCUT2D eigenvalue weighted by Gasteiger charge is -2.41. The molecule has 25 heavy (non-hydrogen) atoms. The van der Waals surface area contributed by atoms with E-state index in [-0.39, 0.29) is 11.9 Å². The molecule has 3 aliphatic rings. The fourth-order valence-corrected chi connectivity index (χ4v) is 4.63. The smallest absolute Gasteiger partial charge is 0.254 e. The number of hydrogen-bond acceptors (Lipinski definition) is 4. The van der Waals surface area contributed by atoms with Crippen molar-refractivity contribution in [2.24, 2.45) is 11.3 Å². The molecule has 2 heterocycles. The van der Waals surface area contributed by atoms with E-state index in [1.165, 1.54) is 19.3 Å². The average molecular weight is 343 g/mol. The van der Waals surface area contributed by atoms with Crippen LogP contribution in [0.4, 0.5) is 0 Å². The maximum atomic E-state index is 13.2. The molecule has 1 saturated carbocycles. The Bertz CT molecular complexity index is 682. The number of benzene rings is 1. The molecule has 2 aliphatic heterocycles. The van der Waals surface area contributed by atoms with E-state index in [9.17, 15) is 4.79 Å². The molecule has 5 heteroatoms. The molecule has 5 nitrogen and oxygen atoms in total. The summed E-state index contributed by atoms with van der Waals surface area (Å²) in [5.74, 6) is 1.77. The number of likely N-dealkylation sites (tertiary alicyclic amines) is 1. The van der Waals surface area contributed by atoms with Crippen LogP contribution in [0.15, 0.2) is 30.9 Å². The van der Waals surface area contributed by atoms with Gasteiger partial charge in [0, 0.05) is 18.0 Å². The van der Waals surface area contributed by atoms with Gasteiger partial charge in [-0.05, 0) is 36.5 Å². The van der Waals surface area contributed by atoms with E-state index >= 15 is 0 Å². The highest BCUT2D eigenvalue weighted by atomic mass is 16.5. The molecule has 2 atom stereocenters. The van der Waals surface area contributed by atoms with E-state index in [1.807, 2.05) is 11.0 Å². The lowest BCUT2D eigenvalue weighted by molar-refractivity contribution is 0.0451. The SMILES string of the molecule is C=CCOc1ccc(C(=O)N2CC3(CCC3)[C@@H]3COC[C@@H]32)cc1OC. The van der Waals surface area contributed by atoms with Gasteiger partial charge in [0.15, 0.2) is 11.5 Å². The average Bonchev–Trinajstić information content (AvgIpc) is 3.19. The van der Waals surface area contributed by atoms with E-state index in [4.69, 9.17) is 14.2 Å². The van der Waals surface area contributed by atoms with Crippen LogP contribution in [0.1, 0.15) is 29.6 Å². The monoisotopic (exact) mass is 343 g/mol. The van der Waals surface area contributed by atoms with Gasteiger partial charge in [0.2, 0.25) is 0 Å². The van der Waals surface area contributed by atoms with Crippen LogP contribution in [-0.2, 0) is 4.74 Å². The number of rotatable bonds is 5. The number of hydrogen-bond donors (Lipinski definition) is 0. The van der Waals surface area contributed by atoms with Crippen molar-refractivity contribution < 1.29 is 19.0 Å². The van der Waals surface area contributed by atoms with Crippen molar-refractivity contribution in [1.82, 2.24) is 4.90 Å². The van der Waals surface area contributed by atoms with E-state index in [1.54, 1.807) is 25.3 Å². The summed E-state index contributed by atoms with van der Waals surface area (Å²) in [5, 5.41) is 0.